The monoisotopic (exact) mass is 405 g/mol. The topological polar surface area (TPSA) is 39.9 Å². The number of ether oxygens (including phenoxy) is 1. The summed E-state index contributed by atoms with van der Waals surface area (Å²) in [5.41, 5.74) is 2.77. The van der Waals surface area contributed by atoms with Crippen molar-refractivity contribution in [3.05, 3.63) is 69.8 Å². The van der Waals surface area contributed by atoms with Gasteiger partial charge in [0.1, 0.15) is 18.2 Å². The number of aryl methyl sites for hydroxylation is 1. The molecule has 27 heavy (non-hydrogen) atoms. The quantitative estimate of drug-likeness (QED) is 0.481. The van der Waals surface area contributed by atoms with Crippen LogP contribution in [-0.2, 0) is 18.9 Å². The molecule has 0 fully saturated rings. The van der Waals surface area contributed by atoms with E-state index >= 15 is 0 Å². The molecule has 0 amide bonds. The maximum atomic E-state index is 14.0. The van der Waals surface area contributed by atoms with Crippen LogP contribution in [0.25, 0.3) is 0 Å². The Balaban J connectivity index is 1.72. The summed E-state index contributed by atoms with van der Waals surface area (Å²) < 4.78 is 21.9. The highest BCUT2D eigenvalue weighted by atomic mass is 35.5. The van der Waals surface area contributed by atoms with Gasteiger partial charge in [-0.2, -0.15) is 0 Å². The first-order valence-electron chi connectivity index (χ1n) is 8.68. The lowest BCUT2D eigenvalue weighted by Gasteiger charge is -2.12. The molecule has 0 atom stereocenters. The lowest BCUT2D eigenvalue weighted by atomic mass is 10.1. The Hall–Kier alpha value is -2.05. The molecule has 4 nitrogen and oxygen atoms in total. The highest BCUT2D eigenvalue weighted by Crippen LogP contribution is 2.28. The highest BCUT2D eigenvalue weighted by molar-refractivity contribution is 7.98. The fourth-order valence-corrected chi connectivity index (χ4v) is 4.04. The first-order chi connectivity index (χ1) is 13.0. The van der Waals surface area contributed by atoms with E-state index in [9.17, 15) is 4.39 Å². The summed E-state index contributed by atoms with van der Waals surface area (Å²) in [5, 5.41) is 9.63. The fraction of sp³-hybridized carbons (Fsp3) is 0.300. The summed E-state index contributed by atoms with van der Waals surface area (Å²) >= 11 is 7.51. The van der Waals surface area contributed by atoms with Crippen LogP contribution in [0.1, 0.15) is 29.4 Å². The molecule has 1 aromatic heterocycles. The predicted molar refractivity (Wildman–Crippen MR) is 107 cm³/mol. The van der Waals surface area contributed by atoms with Gasteiger partial charge in [0.05, 0.1) is 0 Å². The average Bonchev–Trinajstić information content (AvgIpc) is 3.04. The van der Waals surface area contributed by atoms with Crippen LogP contribution in [-0.4, -0.2) is 14.8 Å². The Morgan fingerprint density at radius 1 is 1.15 bits per heavy atom. The minimum Gasteiger partial charge on any atom is -0.485 e. The summed E-state index contributed by atoms with van der Waals surface area (Å²) in [6.07, 6.45) is 0. The first kappa shape index (κ1) is 19.7. The van der Waals surface area contributed by atoms with Gasteiger partial charge < -0.3 is 9.30 Å². The van der Waals surface area contributed by atoms with Crippen molar-refractivity contribution in [1.82, 2.24) is 14.8 Å². The Morgan fingerprint density at radius 2 is 1.93 bits per heavy atom. The second kappa shape index (κ2) is 8.76. The molecule has 0 spiro atoms. The smallest absolute Gasteiger partial charge is 0.191 e. The van der Waals surface area contributed by atoms with Crippen LogP contribution >= 0.6 is 23.4 Å². The average molecular weight is 406 g/mol. The molecule has 0 bridgehead atoms. The molecule has 7 heteroatoms. The van der Waals surface area contributed by atoms with E-state index in [0.717, 1.165) is 22.3 Å². The normalized spacial score (nSPS) is 11.0. The zero-order valence-electron chi connectivity index (χ0n) is 15.5. The predicted octanol–water partition coefficient (Wildman–Crippen LogP) is 5.58. The van der Waals surface area contributed by atoms with Crippen LogP contribution in [0.15, 0.2) is 41.6 Å². The van der Waals surface area contributed by atoms with E-state index in [4.69, 9.17) is 16.3 Å². The summed E-state index contributed by atoms with van der Waals surface area (Å²) in [6, 6.07) is 10.7. The Morgan fingerprint density at radius 3 is 2.67 bits per heavy atom. The van der Waals surface area contributed by atoms with Crippen molar-refractivity contribution < 1.29 is 9.13 Å². The third kappa shape index (κ3) is 4.45. The van der Waals surface area contributed by atoms with Crippen molar-refractivity contribution in [1.29, 1.82) is 0 Å². The third-order valence-electron chi connectivity index (χ3n) is 4.43. The minimum atomic E-state index is -0.309. The second-order valence-electron chi connectivity index (χ2n) is 6.12. The van der Waals surface area contributed by atoms with Gasteiger partial charge >= 0.3 is 0 Å². The van der Waals surface area contributed by atoms with E-state index in [2.05, 4.69) is 23.2 Å². The molecular weight excluding hydrogens is 385 g/mol. The van der Waals surface area contributed by atoms with Crippen molar-refractivity contribution in [3.63, 3.8) is 0 Å². The number of aromatic nitrogens is 3. The van der Waals surface area contributed by atoms with E-state index in [1.165, 1.54) is 23.4 Å². The van der Waals surface area contributed by atoms with E-state index in [1.807, 2.05) is 30.5 Å². The molecule has 1 heterocycles. The van der Waals surface area contributed by atoms with Gasteiger partial charge in [0.15, 0.2) is 11.0 Å². The molecule has 0 aliphatic rings. The van der Waals surface area contributed by atoms with Crippen molar-refractivity contribution in [2.45, 2.75) is 44.8 Å². The maximum absolute atomic E-state index is 14.0. The van der Waals surface area contributed by atoms with Crippen LogP contribution in [0.3, 0.4) is 0 Å². The molecule has 2 aromatic carbocycles. The molecular formula is C20H21ClFN3OS. The lowest BCUT2D eigenvalue weighted by molar-refractivity contribution is 0.286. The maximum Gasteiger partial charge on any atom is 0.191 e. The van der Waals surface area contributed by atoms with Gasteiger partial charge in [-0.1, -0.05) is 41.6 Å². The Bertz CT molecular complexity index is 925. The molecule has 142 valence electrons. The fourth-order valence-electron chi connectivity index (χ4n) is 2.68. The van der Waals surface area contributed by atoms with Crippen LogP contribution in [0.4, 0.5) is 4.39 Å². The molecule has 0 N–H and O–H groups in total. The van der Waals surface area contributed by atoms with E-state index < -0.39 is 0 Å². The number of thioether (sulfide) groups is 1. The molecule has 3 rings (SSSR count). The number of hydrogen-bond acceptors (Lipinski definition) is 4. The largest absolute Gasteiger partial charge is 0.485 e. The number of benzene rings is 2. The molecule has 0 radical (unpaired) electrons. The third-order valence-corrected chi connectivity index (χ3v) is 5.78. The SMILES string of the molecule is CCn1c(COc2cccc(C)c2C)nnc1SCc1c(F)cccc1Cl. The summed E-state index contributed by atoms with van der Waals surface area (Å²) in [7, 11) is 0. The van der Waals surface area contributed by atoms with Gasteiger partial charge in [0.25, 0.3) is 0 Å². The van der Waals surface area contributed by atoms with Crippen LogP contribution in [0.2, 0.25) is 5.02 Å². The minimum absolute atomic E-state index is 0.309. The van der Waals surface area contributed by atoms with Crippen molar-refractivity contribution in [3.8, 4) is 5.75 Å². The van der Waals surface area contributed by atoms with E-state index in [-0.39, 0.29) is 5.82 Å². The molecule has 3 aromatic rings. The number of halogens is 2. The van der Waals surface area contributed by atoms with Gasteiger partial charge in [-0.3, -0.25) is 0 Å². The first-order valence-corrected chi connectivity index (χ1v) is 10.0. The zero-order chi connectivity index (χ0) is 19.4. The number of nitrogens with zero attached hydrogens (tertiary/aromatic N) is 3. The molecule has 0 saturated carbocycles. The van der Waals surface area contributed by atoms with Gasteiger partial charge in [0.2, 0.25) is 0 Å². The zero-order valence-corrected chi connectivity index (χ0v) is 17.1. The number of rotatable bonds is 7. The summed E-state index contributed by atoms with van der Waals surface area (Å²) in [4.78, 5) is 0. The molecule has 0 unspecified atom stereocenters. The summed E-state index contributed by atoms with van der Waals surface area (Å²) in [5.74, 6) is 1.66. The van der Waals surface area contributed by atoms with Crippen molar-refractivity contribution >= 4 is 23.4 Å². The van der Waals surface area contributed by atoms with Crippen molar-refractivity contribution in [2.75, 3.05) is 0 Å². The standard InChI is InChI=1S/C20H21ClFN3OS/c1-4-25-19(11-26-18-10-5-7-13(2)14(18)3)23-24-20(25)27-12-15-16(21)8-6-9-17(15)22/h5-10H,4,11-12H2,1-3H3. The summed E-state index contributed by atoms with van der Waals surface area (Å²) in [6.45, 7) is 7.14. The van der Waals surface area contributed by atoms with Gasteiger partial charge in [0, 0.05) is 22.9 Å². The highest BCUT2D eigenvalue weighted by Gasteiger charge is 2.15. The van der Waals surface area contributed by atoms with Gasteiger partial charge in [-0.15, -0.1) is 10.2 Å². The van der Waals surface area contributed by atoms with Crippen molar-refractivity contribution in [2.24, 2.45) is 0 Å². The van der Waals surface area contributed by atoms with Crippen LogP contribution < -0.4 is 4.74 Å². The lowest BCUT2D eigenvalue weighted by Crippen LogP contribution is -2.07. The van der Waals surface area contributed by atoms with Crippen LogP contribution in [0, 0.1) is 19.7 Å². The number of hydrogen-bond donors (Lipinski definition) is 0. The Kier molecular flexibility index (Phi) is 6.39. The van der Waals surface area contributed by atoms with E-state index in [0.29, 0.717) is 29.5 Å². The molecule has 0 aliphatic carbocycles. The van der Waals surface area contributed by atoms with Gasteiger partial charge in [-0.25, -0.2) is 4.39 Å². The second-order valence-corrected chi connectivity index (χ2v) is 7.47. The molecule has 0 saturated heterocycles. The van der Waals surface area contributed by atoms with E-state index in [1.54, 1.807) is 12.1 Å². The van der Waals surface area contributed by atoms with Gasteiger partial charge in [-0.05, 0) is 50.1 Å². The van der Waals surface area contributed by atoms with Crippen LogP contribution in [0.5, 0.6) is 5.75 Å². The molecule has 0 aliphatic heterocycles. The Labute approximate surface area is 167 Å².